The second-order valence-corrected chi connectivity index (χ2v) is 12.8. The van der Waals surface area contributed by atoms with Crippen LogP contribution in [0.3, 0.4) is 0 Å². The third-order valence-electron chi connectivity index (χ3n) is 8.08. The molecular weight excluding hydrogens is 766 g/mol. The van der Waals surface area contributed by atoms with E-state index >= 15 is 0 Å². The fourth-order valence-corrected chi connectivity index (χ4v) is 6.88. The first-order valence-electron chi connectivity index (χ1n) is 15.1. The van der Waals surface area contributed by atoms with Gasteiger partial charge in [-0.25, -0.2) is 4.98 Å². The first kappa shape index (κ1) is 31.5. The van der Waals surface area contributed by atoms with Gasteiger partial charge >= 0.3 is 21.1 Å². The smallest absolute Gasteiger partial charge is 0.340 e. The molecule has 0 unspecified atom stereocenters. The predicted molar refractivity (Wildman–Crippen MR) is 184 cm³/mol. The van der Waals surface area contributed by atoms with E-state index in [1.807, 2.05) is 48.9 Å². The molecule has 0 spiro atoms. The Kier molecular flexibility index (Phi) is 9.00. The van der Waals surface area contributed by atoms with E-state index in [-0.39, 0.29) is 21.1 Å². The number of nitrogens with zero attached hydrogens (tertiary/aromatic N) is 5. The molecule has 0 amide bonds. The van der Waals surface area contributed by atoms with Crippen LogP contribution in [0, 0.1) is 18.7 Å². The minimum atomic E-state index is 0. The third-order valence-corrected chi connectivity index (χ3v) is 8.98. The summed E-state index contributed by atoms with van der Waals surface area (Å²) in [5, 5.41) is 2.27. The second-order valence-electron chi connectivity index (χ2n) is 11.7. The van der Waals surface area contributed by atoms with Crippen molar-refractivity contribution in [1.82, 2.24) is 19.1 Å². The molecule has 0 aliphatic carbocycles. The van der Waals surface area contributed by atoms with Crippen molar-refractivity contribution in [2.45, 2.75) is 49.3 Å². The number of aromatic nitrogens is 4. The quantitative estimate of drug-likeness (QED) is 0.151. The number of rotatable bonds is 7. The Morgan fingerprint density at radius 1 is 0.761 bits per heavy atom. The van der Waals surface area contributed by atoms with Crippen LogP contribution in [-0.4, -0.2) is 19.1 Å². The van der Waals surface area contributed by atoms with Crippen LogP contribution in [0.25, 0.3) is 49.5 Å². The molecule has 7 rings (SSSR count). The van der Waals surface area contributed by atoms with Crippen molar-refractivity contribution in [1.29, 1.82) is 0 Å². The SMILES string of the molecule is [C-]#[N+]c1cc(Sc2[c-]c3c(cc2)c2ccccc2n3-c2ccccn2)[c-]c(-c2nccn2-c2c(C(C)C)cccc2C(C)C)c1.[Pt+2]. The Labute approximate surface area is 288 Å². The Balaban J connectivity index is 0.00000372. The van der Waals surface area contributed by atoms with Gasteiger partial charge in [0.15, 0.2) is 0 Å². The number of hydrogen-bond acceptors (Lipinski definition) is 3. The van der Waals surface area contributed by atoms with Crippen molar-refractivity contribution in [2.24, 2.45) is 0 Å². The van der Waals surface area contributed by atoms with E-state index in [2.05, 4.69) is 113 Å². The zero-order chi connectivity index (χ0) is 31.1. The summed E-state index contributed by atoms with van der Waals surface area (Å²) in [6, 6.07) is 36.1. The van der Waals surface area contributed by atoms with Gasteiger partial charge in [0, 0.05) is 29.8 Å². The van der Waals surface area contributed by atoms with E-state index in [0.717, 1.165) is 54.5 Å². The average Bonchev–Trinajstić information content (AvgIpc) is 3.67. The van der Waals surface area contributed by atoms with Gasteiger partial charge in [-0.3, -0.25) is 9.83 Å². The van der Waals surface area contributed by atoms with Crippen molar-refractivity contribution < 1.29 is 21.1 Å². The standard InChI is InChI=1S/C39H31N5S.Pt/c1-25(2)31-12-10-13-32(26(3)4)38(31)43-20-19-42-39(43)27-21-28(40-5)23-30(22-27)45-29-16-17-34-33-11-6-7-14-35(33)44(36(34)24-29)37-15-8-9-18-41-37;/h6-21,23,25-26H,1-4H3;/q-2;+2. The van der Waals surface area contributed by atoms with Crippen LogP contribution in [0.2, 0.25) is 0 Å². The summed E-state index contributed by atoms with van der Waals surface area (Å²) in [4.78, 5) is 15.0. The molecule has 0 radical (unpaired) electrons. The number of para-hydroxylation sites is 2. The maximum absolute atomic E-state index is 7.89. The molecule has 7 heteroatoms. The van der Waals surface area contributed by atoms with Gasteiger partial charge in [0.2, 0.25) is 0 Å². The van der Waals surface area contributed by atoms with Gasteiger partial charge in [0.25, 0.3) is 0 Å². The van der Waals surface area contributed by atoms with Crippen molar-refractivity contribution in [2.75, 3.05) is 0 Å². The van der Waals surface area contributed by atoms with Gasteiger partial charge in [-0.2, -0.15) is 12.1 Å². The number of imidazole rings is 1. The number of pyridine rings is 1. The van der Waals surface area contributed by atoms with Crippen LogP contribution >= 0.6 is 11.8 Å². The van der Waals surface area contributed by atoms with Crippen LogP contribution < -0.4 is 0 Å². The zero-order valence-electron chi connectivity index (χ0n) is 25.9. The van der Waals surface area contributed by atoms with Crippen molar-refractivity contribution >= 4 is 39.3 Å². The van der Waals surface area contributed by atoms with Crippen molar-refractivity contribution in [3.05, 3.63) is 138 Å². The summed E-state index contributed by atoms with van der Waals surface area (Å²) < 4.78 is 4.33. The van der Waals surface area contributed by atoms with Crippen LogP contribution in [-0.2, 0) is 21.1 Å². The molecule has 4 aromatic carbocycles. The molecule has 46 heavy (non-hydrogen) atoms. The maximum atomic E-state index is 7.89. The molecule has 0 N–H and O–H groups in total. The van der Waals surface area contributed by atoms with E-state index in [9.17, 15) is 0 Å². The minimum absolute atomic E-state index is 0. The molecule has 5 nitrogen and oxygen atoms in total. The summed E-state index contributed by atoms with van der Waals surface area (Å²) >= 11 is 1.55. The van der Waals surface area contributed by atoms with Gasteiger partial charge in [-0.05, 0) is 46.5 Å². The van der Waals surface area contributed by atoms with Crippen LogP contribution in [0.15, 0.2) is 113 Å². The Morgan fingerprint density at radius 3 is 2.24 bits per heavy atom. The molecular formula is C39H31N5PtS. The molecule has 7 aromatic rings. The van der Waals surface area contributed by atoms with Crippen LogP contribution in [0.4, 0.5) is 5.69 Å². The first-order chi connectivity index (χ1) is 21.9. The largest absolute Gasteiger partial charge is 2.00 e. The van der Waals surface area contributed by atoms with Crippen LogP contribution in [0.5, 0.6) is 0 Å². The summed E-state index contributed by atoms with van der Waals surface area (Å²) in [6.45, 7) is 16.8. The van der Waals surface area contributed by atoms with E-state index < -0.39 is 0 Å². The van der Waals surface area contributed by atoms with Gasteiger partial charge in [-0.1, -0.05) is 80.6 Å². The molecule has 0 atom stereocenters. The molecule has 3 aromatic heterocycles. The molecule has 0 aliphatic rings. The fraction of sp³-hybridized carbons (Fsp3) is 0.154. The zero-order valence-corrected chi connectivity index (χ0v) is 29.0. The fourth-order valence-electron chi connectivity index (χ4n) is 6.02. The number of hydrogen-bond donors (Lipinski definition) is 0. The molecule has 3 heterocycles. The van der Waals surface area contributed by atoms with Crippen LogP contribution in [0.1, 0.15) is 50.7 Å². The molecule has 0 fully saturated rings. The van der Waals surface area contributed by atoms with Gasteiger partial charge in [-0.15, -0.1) is 51.9 Å². The molecule has 0 aliphatic heterocycles. The van der Waals surface area contributed by atoms with E-state index in [0.29, 0.717) is 17.5 Å². The molecule has 228 valence electrons. The normalized spacial score (nSPS) is 11.3. The van der Waals surface area contributed by atoms with E-state index in [4.69, 9.17) is 11.6 Å². The average molecular weight is 797 g/mol. The molecule has 0 saturated carbocycles. The third kappa shape index (κ3) is 5.71. The predicted octanol–water partition coefficient (Wildman–Crippen LogP) is 10.6. The van der Waals surface area contributed by atoms with Gasteiger partial charge in [0.1, 0.15) is 11.5 Å². The first-order valence-corrected chi connectivity index (χ1v) is 15.9. The Morgan fingerprint density at radius 2 is 1.52 bits per heavy atom. The Bertz CT molecular complexity index is 2200. The Hall–Kier alpha value is -4.43. The number of fused-ring (bicyclic) bond motifs is 3. The van der Waals surface area contributed by atoms with E-state index in [1.54, 1.807) is 11.8 Å². The van der Waals surface area contributed by atoms with Crippen molar-refractivity contribution in [3.63, 3.8) is 0 Å². The van der Waals surface area contributed by atoms with Gasteiger partial charge in [0.05, 0.1) is 12.4 Å². The summed E-state index contributed by atoms with van der Waals surface area (Å²) in [7, 11) is 0. The second kappa shape index (κ2) is 13.1. The summed E-state index contributed by atoms with van der Waals surface area (Å²) in [5.41, 5.74) is 7.07. The molecule has 0 bridgehead atoms. The monoisotopic (exact) mass is 796 g/mol. The number of benzene rings is 4. The summed E-state index contributed by atoms with van der Waals surface area (Å²) in [6.07, 6.45) is 5.67. The van der Waals surface area contributed by atoms with Gasteiger partial charge < -0.3 is 9.13 Å². The minimum Gasteiger partial charge on any atom is -0.340 e. The maximum Gasteiger partial charge on any atom is 2.00 e. The van der Waals surface area contributed by atoms with Crippen molar-refractivity contribution in [3.8, 4) is 22.9 Å². The molecule has 0 saturated heterocycles. The van der Waals surface area contributed by atoms with E-state index in [1.165, 1.54) is 11.1 Å². The topological polar surface area (TPSA) is 40.0 Å². The summed E-state index contributed by atoms with van der Waals surface area (Å²) in [5.74, 6) is 2.30.